The molecule has 0 radical (unpaired) electrons. The number of nitrogens with one attached hydrogen (secondary N) is 1. The zero-order valence-corrected chi connectivity index (χ0v) is 13.7. The van der Waals surface area contributed by atoms with Crippen LogP contribution in [0.25, 0.3) is 0 Å². The zero-order valence-electron chi connectivity index (χ0n) is 12.8. The molecule has 1 N–H and O–H groups in total. The van der Waals surface area contributed by atoms with Gasteiger partial charge in [0.15, 0.2) is 0 Å². The average Bonchev–Trinajstić information content (AvgIpc) is 2.92. The summed E-state index contributed by atoms with van der Waals surface area (Å²) in [5.41, 5.74) is 0. The summed E-state index contributed by atoms with van der Waals surface area (Å²) < 4.78 is 34.9. The van der Waals surface area contributed by atoms with E-state index in [1.807, 2.05) is 0 Å². The Balaban J connectivity index is 2.28. The molecule has 0 aliphatic carbocycles. The molecule has 1 aliphatic heterocycles. The first-order valence-electron chi connectivity index (χ1n) is 7.26. The molecule has 8 heteroatoms. The molecule has 1 amide bonds. The lowest BCUT2D eigenvalue weighted by molar-refractivity contribution is -0.121. The third-order valence-electron chi connectivity index (χ3n) is 3.36. The fraction of sp³-hybridized carbons (Fsp3) is 0.923. The number of ether oxygens (including phenoxy) is 2. The number of rotatable bonds is 10. The highest BCUT2D eigenvalue weighted by atomic mass is 32.2. The molecule has 21 heavy (non-hydrogen) atoms. The van der Waals surface area contributed by atoms with E-state index in [9.17, 15) is 13.2 Å². The van der Waals surface area contributed by atoms with Crippen LogP contribution < -0.4 is 5.32 Å². The Morgan fingerprint density at radius 3 is 2.76 bits per heavy atom. The highest BCUT2D eigenvalue weighted by Gasteiger charge is 2.19. The van der Waals surface area contributed by atoms with Crippen molar-refractivity contribution >= 4 is 15.9 Å². The van der Waals surface area contributed by atoms with Gasteiger partial charge >= 0.3 is 0 Å². The summed E-state index contributed by atoms with van der Waals surface area (Å²) in [5, 5.41) is 2.79. The molecule has 7 nitrogen and oxygen atoms in total. The highest BCUT2D eigenvalue weighted by molar-refractivity contribution is 7.88. The Morgan fingerprint density at radius 2 is 2.19 bits per heavy atom. The maximum atomic E-state index is 11.7. The molecule has 1 atom stereocenters. The van der Waals surface area contributed by atoms with E-state index in [4.69, 9.17) is 9.47 Å². The molecular weight excluding hydrogens is 296 g/mol. The van der Waals surface area contributed by atoms with Crippen molar-refractivity contribution in [3.8, 4) is 0 Å². The zero-order chi connectivity index (χ0) is 15.7. The quantitative estimate of drug-likeness (QED) is 0.571. The molecule has 1 unspecified atom stereocenters. The SMILES string of the molecule is COCCCN(CCC(=O)NCC1CCCO1)S(C)(=O)=O. The molecular formula is C13H26N2O5S. The van der Waals surface area contributed by atoms with Gasteiger partial charge in [-0.15, -0.1) is 0 Å². The van der Waals surface area contributed by atoms with Gasteiger partial charge in [-0.3, -0.25) is 4.79 Å². The summed E-state index contributed by atoms with van der Waals surface area (Å²) in [7, 11) is -1.73. The fourth-order valence-corrected chi connectivity index (χ4v) is 3.06. The minimum atomic E-state index is -3.30. The van der Waals surface area contributed by atoms with Crippen LogP contribution in [0.2, 0.25) is 0 Å². The van der Waals surface area contributed by atoms with Crippen molar-refractivity contribution in [2.24, 2.45) is 0 Å². The third kappa shape index (κ3) is 7.75. The van der Waals surface area contributed by atoms with Crippen LogP contribution in [0.4, 0.5) is 0 Å². The number of hydrogen-bond acceptors (Lipinski definition) is 5. The van der Waals surface area contributed by atoms with Gasteiger partial charge in [0.2, 0.25) is 15.9 Å². The van der Waals surface area contributed by atoms with Crippen molar-refractivity contribution in [2.75, 3.05) is 46.2 Å². The summed E-state index contributed by atoms with van der Waals surface area (Å²) in [5.74, 6) is -0.147. The van der Waals surface area contributed by atoms with Crippen molar-refractivity contribution in [2.45, 2.75) is 31.8 Å². The van der Waals surface area contributed by atoms with E-state index in [2.05, 4.69) is 5.32 Å². The number of methoxy groups -OCH3 is 1. The minimum Gasteiger partial charge on any atom is -0.385 e. The van der Waals surface area contributed by atoms with Crippen molar-refractivity contribution in [1.82, 2.24) is 9.62 Å². The van der Waals surface area contributed by atoms with Crippen LogP contribution in [-0.4, -0.2) is 70.9 Å². The van der Waals surface area contributed by atoms with Gasteiger partial charge in [-0.05, 0) is 19.3 Å². The number of nitrogens with zero attached hydrogens (tertiary/aromatic N) is 1. The Kier molecular flexibility index (Phi) is 8.16. The molecule has 0 aromatic heterocycles. The van der Waals surface area contributed by atoms with Crippen molar-refractivity contribution < 1.29 is 22.7 Å². The van der Waals surface area contributed by atoms with Crippen molar-refractivity contribution in [3.05, 3.63) is 0 Å². The maximum absolute atomic E-state index is 11.7. The van der Waals surface area contributed by atoms with Gasteiger partial charge < -0.3 is 14.8 Å². The molecule has 1 rings (SSSR count). The van der Waals surface area contributed by atoms with Crippen LogP contribution >= 0.6 is 0 Å². The second-order valence-electron chi connectivity index (χ2n) is 5.20. The molecule has 0 aromatic carbocycles. The summed E-state index contributed by atoms with van der Waals surface area (Å²) in [4.78, 5) is 11.7. The third-order valence-corrected chi connectivity index (χ3v) is 4.67. The van der Waals surface area contributed by atoms with E-state index in [0.29, 0.717) is 26.1 Å². The lowest BCUT2D eigenvalue weighted by atomic mass is 10.2. The van der Waals surface area contributed by atoms with Crippen molar-refractivity contribution in [3.63, 3.8) is 0 Å². The smallest absolute Gasteiger partial charge is 0.221 e. The number of hydrogen-bond donors (Lipinski definition) is 1. The van der Waals surface area contributed by atoms with Crippen LogP contribution in [-0.2, 0) is 24.3 Å². The van der Waals surface area contributed by atoms with Crippen LogP contribution in [0, 0.1) is 0 Å². The second-order valence-corrected chi connectivity index (χ2v) is 7.18. The Bertz CT molecular complexity index is 407. The van der Waals surface area contributed by atoms with E-state index < -0.39 is 10.0 Å². The summed E-state index contributed by atoms with van der Waals surface area (Å²) in [6.07, 6.45) is 4.02. The van der Waals surface area contributed by atoms with Gasteiger partial charge in [0.05, 0.1) is 12.4 Å². The number of sulfonamides is 1. The predicted octanol–water partition coefficient (Wildman–Crippen LogP) is -0.0302. The summed E-state index contributed by atoms with van der Waals surface area (Å²) >= 11 is 0. The standard InChI is InChI=1S/C13H26N2O5S/c1-19-9-4-7-15(21(2,17)18)8-6-13(16)14-11-12-5-3-10-20-12/h12H,3-11H2,1-2H3,(H,14,16). The lowest BCUT2D eigenvalue weighted by Gasteiger charge is -2.19. The average molecular weight is 322 g/mol. The van der Waals surface area contributed by atoms with Gasteiger partial charge in [-0.2, -0.15) is 0 Å². The largest absolute Gasteiger partial charge is 0.385 e. The molecule has 0 spiro atoms. The van der Waals surface area contributed by atoms with E-state index in [1.165, 1.54) is 4.31 Å². The molecule has 0 saturated carbocycles. The fourth-order valence-electron chi connectivity index (χ4n) is 2.18. The monoisotopic (exact) mass is 322 g/mol. The Morgan fingerprint density at radius 1 is 1.43 bits per heavy atom. The highest BCUT2D eigenvalue weighted by Crippen LogP contribution is 2.10. The summed E-state index contributed by atoms with van der Waals surface area (Å²) in [6, 6.07) is 0. The van der Waals surface area contributed by atoms with Crippen LogP contribution in [0.3, 0.4) is 0 Å². The maximum Gasteiger partial charge on any atom is 0.221 e. The molecule has 124 valence electrons. The van der Waals surface area contributed by atoms with Crippen LogP contribution in [0.1, 0.15) is 25.7 Å². The number of amides is 1. The normalized spacial score (nSPS) is 19.1. The molecule has 0 aromatic rings. The van der Waals surface area contributed by atoms with E-state index in [1.54, 1.807) is 7.11 Å². The first-order valence-corrected chi connectivity index (χ1v) is 9.10. The second kappa shape index (κ2) is 9.34. The van der Waals surface area contributed by atoms with Gasteiger partial charge in [-0.1, -0.05) is 0 Å². The number of carbonyl (C=O) groups excluding carboxylic acids is 1. The lowest BCUT2D eigenvalue weighted by Crippen LogP contribution is -2.37. The van der Waals surface area contributed by atoms with Gasteiger partial charge in [0.1, 0.15) is 0 Å². The predicted molar refractivity (Wildman–Crippen MR) is 79.5 cm³/mol. The Labute approximate surface area is 127 Å². The van der Waals surface area contributed by atoms with Crippen LogP contribution in [0.15, 0.2) is 0 Å². The van der Waals surface area contributed by atoms with E-state index in [-0.39, 0.29) is 25.0 Å². The first kappa shape index (κ1) is 18.3. The van der Waals surface area contributed by atoms with Crippen molar-refractivity contribution in [1.29, 1.82) is 0 Å². The van der Waals surface area contributed by atoms with E-state index in [0.717, 1.165) is 25.7 Å². The topological polar surface area (TPSA) is 84.9 Å². The molecule has 1 saturated heterocycles. The van der Waals surface area contributed by atoms with Gasteiger partial charge in [0.25, 0.3) is 0 Å². The van der Waals surface area contributed by atoms with Gasteiger partial charge in [0, 0.05) is 46.4 Å². The summed E-state index contributed by atoms with van der Waals surface area (Å²) in [6.45, 7) is 2.31. The van der Waals surface area contributed by atoms with Crippen LogP contribution in [0.5, 0.6) is 0 Å². The van der Waals surface area contributed by atoms with E-state index >= 15 is 0 Å². The molecule has 0 bridgehead atoms. The van der Waals surface area contributed by atoms with Gasteiger partial charge in [-0.25, -0.2) is 12.7 Å². The minimum absolute atomic E-state index is 0.0988. The molecule has 1 aliphatic rings. The molecule has 1 fully saturated rings. The Hall–Kier alpha value is -0.700. The first-order chi connectivity index (χ1) is 9.93. The number of carbonyl (C=O) groups is 1. The molecule has 1 heterocycles.